The van der Waals surface area contributed by atoms with Gasteiger partial charge in [0.25, 0.3) is 0 Å². The molecule has 3 N–H and O–H groups in total. The number of rotatable bonds is 0. The summed E-state index contributed by atoms with van der Waals surface area (Å²) >= 11 is 0. The summed E-state index contributed by atoms with van der Waals surface area (Å²) in [5.74, 6) is -0.726. The maximum absolute atomic E-state index is 12.1. The lowest BCUT2D eigenvalue weighted by Gasteiger charge is -2.00. The molecule has 0 atom stereocenters. The molecule has 0 aliphatic heterocycles. The van der Waals surface area contributed by atoms with Crippen molar-refractivity contribution >= 4 is 32.9 Å². The van der Waals surface area contributed by atoms with Gasteiger partial charge in [0, 0.05) is 17.5 Å². The molecule has 0 radical (unpaired) electrons. The van der Waals surface area contributed by atoms with Crippen LogP contribution < -0.4 is 5.63 Å². The van der Waals surface area contributed by atoms with E-state index in [2.05, 4.69) is 0 Å². The summed E-state index contributed by atoms with van der Waals surface area (Å²) in [7, 11) is 0. The fourth-order valence-electron chi connectivity index (χ4n) is 2.45. The van der Waals surface area contributed by atoms with E-state index < -0.39 is 11.4 Å². The molecule has 6 heteroatoms. The third kappa shape index (κ3) is 1.50. The summed E-state index contributed by atoms with van der Waals surface area (Å²) in [4.78, 5) is 12.1. The number of furan rings is 1. The molecule has 0 unspecified atom stereocenters. The van der Waals surface area contributed by atoms with Crippen LogP contribution in [0, 0.1) is 0 Å². The summed E-state index contributed by atoms with van der Waals surface area (Å²) in [6, 6.07) is 6.80. The first-order chi connectivity index (χ1) is 10.0. The van der Waals surface area contributed by atoms with Gasteiger partial charge >= 0.3 is 5.63 Å². The summed E-state index contributed by atoms with van der Waals surface area (Å²) in [6.07, 6.45) is 0. The fourth-order valence-corrected chi connectivity index (χ4v) is 2.45. The van der Waals surface area contributed by atoms with Gasteiger partial charge in [-0.15, -0.1) is 0 Å². The van der Waals surface area contributed by atoms with Crippen molar-refractivity contribution in [1.82, 2.24) is 0 Å². The van der Waals surface area contributed by atoms with E-state index in [1.807, 2.05) is 0 Å². The van der Waals surface area contributed by atoms with E-state index in [0.29, 0.717) is 16.4 Å². The zero-order valence-electron chi connectivity index (χ0n) is 10.5. The van der Waals surface area contributed by atoms with E-state index in [9.17, 15) is 20.1 Å². The molecular weight excluding hydrogens is 276 g/mol. The molecule has 0 spiro atoms. The van der Waals surface area contributed by atoms with Crippen LogP contribution in [-0.4, -0.2) is 15.3 Å². The van der Waals surface area contributed by atoms with Crippen LogP contribution in [0.25, 0.3) is 32.9 Å². The van der Waals surface area contributed by atoms with Crippen molar-refractivity contribution in [2.75, 3.05) is 0 Å². The van der Waals surface area contributed by atoms with E-state index >= 15 is 0 Å². The number of aromatic hydroxyl groups is 3. The van der Waals surface area contributed by atoms with E-state index in [0.717, 1.165) is 6.07 Å². The molecule has 21 heavy (non-hydrogen) atoms. The molecule has 2 heterocycles. The summed E-state index contributed by atoms with van der Waals surface area (Å²) in [5, 5.41) is 29.7. The first-order valence-corrected chi connectivity index (χ1v) is 6.08. The van der Waals surface area contributed by atoms with E-state index in [-0.39, 0.29) is 28.1 Å². The lowest BCUT2D eigenvalue weighted by atomic mass is 10.1. The first-order valence-electron chi connectivity index (χ1n) is 6.08. The Morgan fingerprint density at radius 1 is 0.810 bits per heavy atom. The smallest absolute Gasteiger partial charge is 0.348 e. The highest BCUT2D eigenvalue weighted by Crippen LogP contribution is 2.37. The number of hydrogen-bond acceptors (Lipinski definition) is 6. The Balaban J connectivity index is 2.32. The van der Waals surface area contributed by atoms with Crippen LogP contribution in [0.5, 0.6) is 17.2 Å². The Morgan fingerprint density at radius 3 is 2.33 bits per heavy atom. The van der Waals surface area contributed by atoms with Crippen molar-refractivity contribution < 1.29 is 24.2 Å². The van der Waals surface area contributed by atoms with E-state index in [1.165, 1.54) is 18.2 Å². The first kappa shape index (κ1) is 11.7. The average molecular weight is 284 g/mol. The molecule has 4 aromatic rings. The Bertz CT molecular complexity index is 1090. The van der Waals surface area contributed by atoms with E-state index in [4.69, 9.17) is 8.83 Å². The van der Waals surface area contributed by atoms with Crippen LogP contribution in [0.3, 0.4) is 0 Å². The third-order valence-corrected chi connectivity index (χ3v) is 3.40. The molecule has 0 bridgehead atoms. The zero-order chi connectivity index (χ0) is 14.7. The molecule has 0 aliphatic rings. The Morgan fingerprint density at radius 2 is 1.52 bits per heavy atom. The lowest BCUT2D eigenvalue weighted by molar-refractivity contribution is 0.403. The highest BCUT2D eigenvalue weighted by molar-refractivity contribution is 6.13. The SMILES string of the molecule is O=c1oc2cc(O)c(O)cc2c2oc3cc(O)ccc3c12. The van der Waals surface area contributed by atoms with Crippen molar-refractivity contribution in [3.05, 3.63) is 40.8 Å². The molecule has 0 saturated carbocycles. The Kier molecular flexibility index (Phi) is 2.05. The van der Waals surface area contributed by atoms with Gasteiger partial charge in [-0.25, -0.2) is 4.79 Å². The van der Waals surface area contributed by atoms with Crippen LogP contribution >= 0.6 is 0 Å². The van der Waals surface area contributed by atoms with Crippen LogP contribution in [0.15, 0.2) is 44.0 Å². The van der Waals surface area contributed by atoms with Crippen molar-refractivity contribution in [2.24, 2.45) is 0 Å². The second-order valence-corrected chi connectivity index (χ2v) is 4.71. The van der Waals surface area contributed by atoms with Gasteiger partial charge in [0.05, 0.1) is 5.39 Å². The molecule has 0 fully saturated rings. The van der Waals surface area contributed by atoms with Gasteiger partial charge in [0.2, 0.25) is 0 Å². The number of phenolic OH excluding ortho intramolecular Hbond substituents is 3. The highest BCUT2D eigenvalue weighted by atomic mass is 16.4. The van der Waals surface area contributed by atoms with Crippen molar-refractivity contribution in [2.45, 2.75) is 0 Å². The van der Waals surface area contributed by atoms with Gasteiger partial charge in [0.15, 0.2) is 17.1 Å². The standard InChI is InChI=1S/C15H8O6/c16-6-1-2-7-11(3-6)20-14-8-4-9(17)10(18)5-12(8)21-15(19)13(7)14/h1-5,16-18H. The maximum atomic E-state index is 12.1. The molecule has 0 aliphatic carbocycles. The quantitative estimate of drug-likeness (QED) is 0.339. The average Bonchev–Trinajstić information content (AvgIpc) is 2.80. The Labute approximate surface area is 116 Å². The maximum Gasteiger partial charge on any atom is 0.348 e. The largest absolute Gasteiger partial charge is 0.508 e. The molecule has 4 rings (SSSR count). The van der Waals surface area contributed by atoms with Crippen LogP contribution in [-0.2, 0) is 0 Å². The van der Waals surface area contributed by atoms with Crippen LogP contribution in [0.1, 0.15) is 0 Å². The minimum atomic E-state index is -0.618. The van der Waals surface area contributed by atoms with Gasteiger partial charge < -0.3 is 24.2 Å². The monoisotopic (exact) mass is 284 g/mol. The summed E-state index contributed by atoms with van der Waals surface area (Å²) < 4.78 is 10.8. The molecule has 0 amide bonds. The number of phenols is 3. The predicted octanol–water partition coefficient (Wildman–Crippen LogP) is 2.81. The van der Waals surface area contributed by atoms with Gasteiger partial charge in [0.1, 0.15) is 22.3 Å². The predicted molar refractivity (Wildman–Crippen MR) is 74.8 cm³/mol. The number of hydrogen-bond donors (Lipinski definition) is 3. The minimum absolute atomic E-state index is 0.00995. The van der Waals surface area contributed by atoms with Gasteiger partial charge in [-0.2, -0.15) is 0 Å². The molecule has 104 valence electrons. The fraction of sp³-hybridized carbons (Fsp3) is 0. The van der Waals surface area contributed by atoms with E-state index in [1.54, 1.807) is 6.07 Å². The second-order valence-electron chi connectivity index (χ2n) is 4.71. The highest BCUT2D eigenvalue weighted by Gasteiger charge is 2.17. The molecule has 6 nitrogen and oxygen atoms in total. The molecular formula is C15H8O6. The Hall–Kier alpha value is -3.15. The summed E-state index contributed by atoms with van der Waals surface area (Å²) in [6.45, 7) is 0. The van der Waals surface area contributed by atoms with Crippen molar-refractivity contribution in [3.63, 3.8) is 0 Å². The third-order valence-electron chi connectivity index (χ3n) is 3.40. The minimum Gasteiger partial charge on any atom is -0.508 e. The van der Waals surface area contributed by atoms with Crippen molar-refractivity contribution in [1.29, 1.82) is 0 Å². The van der Waals surface area contributed by atoms with Crippen LogP contribution in [0.2, 0.25) is 0 Å². The van der Waals surface area contributed by atoms with Gasteiger partial charge in [-0.1, -0.05) is 0 Å². The van der Waals surface area contributed by atoms with Crippen molar-refractivity contribution in [3.8, 4) is 17.2 Å². The molecule has 0 saturated heterocycles. The second kappa shape index (κ2) is 3.69. The topological polar surface area (TPSA) is 104 Å². The zero-order valence-corrected chi connectivity index (χ0v) is 10.5. The lowest BCUT2D eigenvalue weighted by Crippen LogP contribution is -1.98. The van der Waals surface area contributed by atoms with Gasteiger partial charge in [-0.3, -0.25) is 0 Å². The number of benzene rings is 2. The summed E-state index contributed by atoms with van der Waals surface area (Å²) in [5.41, 5.74) is 0.0487. The number of fused-ring (bicyclic) bond motifs is 5. The molecule has 2 aromatic carbocycles. The van der Waals surface area contributed by atoms with Crippen LogP contribution in [0.4, 0.5) is 0 Å². The normalized spacial score (nSPS) is 11.6. The molecule has 2 aromatic heterocycles. The van der Waals surface area contributed by atoms with Gasteiger partial charge in [-0.05, 0) is 18.2 Å².